The Morgan fingerprint density at radius 2 is 1.92 bits per heavy atom. The lowest BCUT2D eigenvalue weighted by Gasteiger charge is -2.27. The van der Waals surface area contributed by atoms with Crippen molar-refractivity contribution in [1.82, 2.24) is 5.32 Å². The number of amides is 1. The molecule has 0 spiro atoms. The third-order valence-corrected chi connectivity index (χ3v) is 2.55. The number of carbonyl (C=O) groups excluding carboxylic acids is 1. The molecular weight excluding hydrogens is 164 g/mol. The summed E-state index contributed by atoms with van der Waals surface area (Å²) < 4.78 is 0. The molecule has 0 radical (unpaired) electrons. The third-order valence-electron chi connectivity index (χ3n) is 2.55. The van der Waals surface area contributed by atoms with Crippen molar-refractivity contribution < 1.29 is 4.79 Å². The Labute approximate surface area is 81.1 Å². The van der Waals surface area contributed by atoms with Crippen LogP contribution in [0.25, 0.3) is 0 Å². The first-order valence-corrected chi connectivity index (χ1v) is 4.87. The van der Waals surface area contributed by atoms with E-state index in [4.69, 9.17) is 5.73 Å². The molecule has 13 heavy (non-hydrogen) atoms. The molecule has 1 amide bonds. The van der Waals surface area contributed by atoms with Gasteiger partial charge in [-0.3, -0.25) is 4.79 Å². The van der Waals surface area contributed by atoms with Crippen molar-refractivity contribution in [3.8, 4) is 0 Å². The van der Waals surface area contributed by atoms with E-state index in [1.165, 1.54) is 0 Å². The summed E-state index contributed by atoms with van der Waals surface area (Å²) in [6, 6.07) is -0.0901. The highest BCUT2D eigenvalue weighted by Crippen LogP contribution is 2.09. The number of nitrogens with two attached hydrogens (primary N) is 1. The molecule has 0 aliphatic heterocycles. The Balaban J connectivity index is 4.15. The van der Waals surface area contributed by atoms with E-state index >= 15 is 0 Å². The number of carbonyl (C=O) groups is 1. The van der Waals surface area contributed by atoms with Crippen LogP contribution in [0.15, 0.2) is 0 Å². The van der Waals surface area contributed by atoms with Gasteiger partial charge in [-0.15, -0.1) is 0 Å². The zero-order chi connectivity index (χ0) is 10.6. The van der Waals surface area contributed by atoms with E-state index in [0.29, 0.717) is 0 Å². The summed E-state index contributed by atoms with van der Waals surface area (Å²) in [5.41, 5.74) is 5.51. The van der Waals surface area contributed by atoms with E-state index < -0.39 is 0 Å². The Kier molecular flexibility index (Phi) is 4.40. The lowest BCUT2D eigenvalue weighted by atomic mass is 9.98. The molecular formula is C10H22N2O. The summed E-state index contributed by atoms with van der Waals surface area (Å²) >= 11 is 0. The minimum atomic E-state index is -0.125. The average Bonchev–Trinajstić information content (AvgIpc) is 2.02. The van der Waals surface area contributed by atoms with Crippen molar-refractivity contribution in [1.29, 1.82) is 0 Å². The second-order valence-electron chi connectivity index (χ2n) is 4.37. The highest BCUT2D eigenvalue weighted by Gasteiger charge is 2.23. The first-order chi connectivity index (χ1) is 5.80. The second kappa shape index (κ2) is 4.61. The summed E-state index contributed by atoms with van der Waals surface area (Å²) in [5, 5.41) is 2.97. The van der Waals surface area contributed by atoms with Gasteiger partial charge in [-0.05, 0) is 27.2 Å². The van der Waals surface area contributed by atoms with Crippen molar-refractivity contribution in [2.24, 2.45) is 11.7 Å². The predicted octanol–water partition coefficient (Wildman–Crippen LogP) is 1.27. The van der Waals surface area contributed by atoms with Crippen molar-refractivity contribution in [2.45, 2.75) is 52.6 Å². The minimum Gasteiger partial charge on any atom is -0.351 e. The Hall–Kier alpha value is -0.570. The van der Waals surface area contributed by atoms with E-state index in [2.05, 4.69) is 12.2 Å². The number of nitrogens with one attached hydrogen (secondary N) is 1. The fourth-order valence-corrected chi connectivity index (χ4v) is 0.775. The molecule has 2 atom stereocenters. The van der Waals surface area contributed by atoms with Crippen molar-refractivity contribution >= 4 is 5.91 Å². The Morgan fingerprint density at radius 1 is 1.46 bits per heavy atom. The highest BCUT2D eigenvalue weighted by molar-refractivity contribution is 5.79. The molecule has 2 unspecified atom stereocenters. The SMILES string of the molecule is CCC(C)(C)NC(=O)C(C)C(C)N. The van der Waals surface area contributed by atoms with E-state index in [0.717, 1.165) is 6.42 Å². The van der Waals surface area contributed by atoms with Gasteiger partial charge in [0, 0.05) is 17.5 Å². The van der Waals surface area contributed by atoms with Gasteiger partial charge in [0.15, 0.2) is 0 Å². The van der Waals surface area contributed by atoms with Gasteiger partial charge in [0.25, 0.3) is 0 Å². The van der Waals surface area contributed by atoms with Crippen molar-refractivity contribution in [3.05, 3.63) is 0 Å². The predicted molar refractivity (Wildman–Crippen MR) is 55.3 cm³/mol. The Bertz CT molecular complexity index is 176. The fourth-order valence-electron chi connectivity index (χ4n) is 0.775. The molecule has 0 aromatic carbocycles. The number of hydrogen-bond donors (Lipinski definition) is 2. The largest absolute Gasteiger partial charge is 0.351 e. The average molecular weight is 186 g/mol. The van der Waals surface area contributed by atoms with Gasteiger partial charge in [-0.2, -0.15) is 0 Å². The van der Waals surface area contributed by atoms with Crippen LogP contribution in [-0.2, 0) is 4.79 Å². The maximum Gasteiger partial charge on any atom is 0.224 e. The molecule has 3 heteroatoms. The molecule has 0 aromatic heterocycles. The summed E-state index contributed by atoms with van der Waals surface area (Å²) in [7, 11) is 0. The summed E-state index contributed by atoms with van der Waals surface area (Å²) in [6.07, 6.45) is 0.921. The number of hydrogen-bond acceptors (Lipinski definition) is 2. The minimum absolute atomic E-state index is 0.0434. The molecule has 0 rings (SSSR count). The summed E-state index contributed by atoms with van der Waals surface area (Å²) in [4.78, 5) is 11.6. The van der Waals surface area contributed by atoms with E-state index in [9.17, 15) is 4.79 Å². The van der Waals surface area contributed by atoms with Crippen LogP contribution in [0.5, 0.6) is 0 Å². The molecule has 3 nitrogen and oxygen atoms in total. The maximum atomic E-state index is 11.6. The molecule has 0 bridgehead atoms. The van der Waals surface area contributed by atoms with E-state index in [1.54, 1.807) is 0 Å². The van der Waals surface area contributed by atoms with Crippen LogP contribution in [0, 0.1) is 5.92 Å². The second-order valence-corrected chi connectivity index (χ2v) is 4.37. The van der Waals surface area contributed by atoms with E-state index in [1.807, 2.05) is 27.7 Å². The van der Waals surface area contributed by atoms with E-state index in [-0.39, 0.29) is 23.4 Å². The summed E-state index contributed by atoms with van der Waals surface area (Å²) in [6.45, 7) is 9.78. The standard InChI is InChI=1S/C10H22N2O/c1-6-10(4,5)12-9(13)7(2)8(3)11/h7-8H,6,11H2,1-5H3,(H,12,13). The molecule has 0 aromatic rings. The fraction of sp³-hybridized carbons (Fsp3) is 0.900. The molecule has 0 aliphatic carbocycles. The van der Waals surface area contributed by atoms with Crippen LogP contribution in [0.2, 0.25) is 0 Å². The van der Waals surface area contributed by atoms with Crippen LogP contribution >= 0.6 is 0 Å². The zero-order valence-electron chi connectivity index (χ0n) is 9.35. The topological polar surface area (TPSA) is 55.1 Å². The Morgan fingerprint density at radius 3 is 2.23 bits per heavy atom. The molecule has 3 N–H and O–H groups in total. The van der Waals surface area contributed by atoms with Gasteiger partial charge in [0.1, 0.15) is 0 Å². The highest BCUT2D eigenvalue weighted by atomic mass is 16.2. The number of rotatable bonds is 4. The van der Waals surface area contributed by atoms with Gasteiger partial charge in [0.05, 0.1) is 0 Å². The molecule has 0 heterocycles. The first kappa shape index (κ1) is 12.4. The normalized spacial score (nSPS) is 16.5. The van der Waals surface area contributed by atoms with Crippen molar-refractivity contribution in [3.63, 3.8) is 0 Å². The van der Waals surface area contributed by atoms with Crippen LogP contribution in [0.4, 0.5) is 0 Å². The zero-order valence-corrected chi connectivity index (χ0v) is 9.35. The molecule has 0 saturated heterocycles. The van der Waals surface area contributed by atoms with Gasteiger partial charge in [-0.1, -0.05) is 13.8 Å². The summed E-state index contributed by atoms with van der Waals surface area (Å²) in [5.74, 6) is -0.0762. The first-order valence-electron chi connectivity index (χ1n) is 4.87. The van der Waals surface area contributed by atoms with Crippen LogP contribution in [0.1, 0.15) is 41.0 Å². The third kappa shape index (κ3) is 4.27. The lowest BCUT2D eigenvalue weighted by Crippen LogP contribution is -2.48. The van der Waals surface area contributed by atoms with Gasteiger partial charge in [-0.25, -0.2) is 0 Å². The van der Waals surface area contributed by atoms with Crippen LogP contribution < -0.4 is 11.1 Å². The van der Waals surface area contributed by atoms with Crippen LogP contribution in [-0.4, -0.2) is 17.5 Å². The lowest BCUT2D eigenvalue weighted by molar-refractivity contribution is -0.126. The molecule has 0 aliphatic rings. The monoisotopic (exact) mass is 186 g/mol. The quantitative estimate of drug-likeness (QED) is 0.694. The smallest absolute Gasteiger partial charge is 0.224 e. The van der Waals surface area contributed by atoms with Gasteiger partial charge >= 0.3 is 0 Å². The van der Waals surface area contributed by atoms with Crippen molar-refractivity contribution in [2.75, 3.05) is 0 Å². The molecule has 78 valence electrons. The molecule has 0 fully saturated rings. The van der Waals surface area contributed by atoms with Gasteiger partial charge in [0.2, 0.25) is 5.91 Å². The van der Waals surface area contributed by atoms with Crippen LogP contribution in [0.3, 0.4) is 0 Å². The molecule has 0 saturated carbocycles. The maximum absolute atomic E-state index is 11.6. The van der Waals surface area contributed by atoms with Gasteiger partial charge < -0.3 is 11.1 Å².